The highest BCUT2D eigenvalue weighted by Gasteiger charge is 2.13. The van der Waals surface area contributed by atoms with Crippen LogP contribution in [0.4, 0.5) is 0 Å². The maximum absolute atomic E-state index is 12.3. The van der Waals surface area contributed by atoms with Gasteiger partial charge in [-0.05, 0) is 30.7 Å². The number of furan rings is 1. The maximum atomic E-state index is 12.3. The average Bonchev–Trinajstić information content (AvgIpc) is 3.28. The molecule has 0 aliphatic carbocycles. The van der Waals surface area contributed by atoms with Crippen LogP contribution in [0.5, 0.6) is 5.75 Å². The summed E-state index contributed by atoms with van der Waals surface area (Å²) in [6.07, 6.45) is 5.55. The zero-order valence-electron chi connectivity index (χ0n) is 17.4. The number of aromatic nitrogens is 3. The van der Waals surface area contributed by atoms with Gasteiger partial charge in [-0.25, -0.2) is 0 Å². The van der Waals surface area contributed by atoms with Crippen LogP contribution in [0, 0.1) is 5.92 Å². The number of fused-ring (bicyclic) bond motifs is 1. The summed E-state index contributed by atoms with van der Waals surface area (Å²) in [5.41, 5.74) is 1.60. The summed E-state index contributed by atoms with van der Waals surface area (Å²) in [5.74, 6) is 2.22. The Labute approximate surface area is 175 Å². The van der Waals surface area contributed by atoms with Crippen LogP contribution < -0.4 is 10.1 Å². The number of aryl methyl sites for hydroxylation is 1. The topological polar surface area (TPSA) is 82.2 Å². The van der Waals surface area contributed by atoms with Gasteiger partial charge in [-0.15, -0.1) is 10.2 Å². The van der Waals surface area contributed by atoms with E-state index in [1.807, 2.05) is 24.5 Å². The number of nitrogens with zero attached hydrogens (tertiary/aromatic N) is 3. The Balaban J connectivity index is 1.50. The normalized spacial score (nSPS) is 11.3. The lowest BCUT2D eigenvalue weighted by Gasteiger charge is -2.11. The van der Waals surface area contributed by atoms with Crippen LogP contribution in [-0.4, -0.2) is 40.6 Å². The van der Waals surface area contributed by atoms with Crippen molar-refractivity contribution in [3.8, 4) is 5.75 Å². The minimum atomic E-state index is -0.0167. The van der Waals surface area contributed by atoms with Gasteiger partial charge in [0.05, 0.1) is 19.8 Å². The van der Waals surface area contributed by atoms with Crippen molar-refractivity contribution in [1.82, 2.24) is 20.1 Å². The highest BCUT2D eigenvalue weighted by atomic mass is 32.2. The van der Waals surface area contributed by atoms with Crippen molar-refractivity contribution in [3.63, 3.8) is 0 Å². The van der Waals surface area contributed by atoms with E-state index in [2.05, 4.69) is 33.9 Å². The molecule has 29 heavy (non-hydrogen) atoms. The van der Waals surface area contributed by atoms with Gasteiger partial charge in [0.1, 0.15) is 17.2 Å². The number of thioether (sulfide) groups is 1. The first-order valence-electron chi connectivity index (χ1n) is 9.78. The van der Waals surface area contributed by atoms with Crippen LogP contribution in [0.1, 0.15) is 31.7 Å². The standard InChI is InChI=1S/C21H28N4O3S/c1-14(2)12-25-19(23-24-21(25)29-4)6-5-9-22-20(26)10-15-13-28-18-11-16(27-3)7-8-17(15)18/h7-8,11,13-14H,5-6,9-10,12H2,1-4H3,(H,22,26). The van der Waals surface area contributed by atoms with Crippen molar-refractivity contribution in [1.29, 1.82) is 0 Å². The summed E-state index contributed by atoms with van der Waals surface area (Å²) in [5, 5.41) is 13.5. The first-order valence-corrected chi connectivity index (χ1v) is 11.0. The van der Waals surface area contributed by atoms with E-state index >= 15 is 0 Å². The smallest absolute Gasteiger partial charge is 0.224 e. The Hall–Kier alpha value is -2.48. The van der Waals surface area contributed by atoms with Gasteiger partial charge in [0, 0.05) is 36.5 Å². The molecule has 7 nitrogen and oxygen atoms in total. The number of hydrogen-bond donors (Lipinski definition) is 1. The van der Waals surface area contributed by atoms with Crippen molar-refractivity contribution in [2.24, 2.45) is 5.92 Å². The molecule has 1 N–H and O–H groups in total. The summed E-state index contributed by atoms with van der Waals surface area (Å²) < 4.78 is 12.9. The summed E-state index contributed by atoms with van der Waals surface area (Å²) >= 11 is 1.61. The number of ether oxygens (including phenoxy) is 1. The molecule has 2 heterocycles. The van der Waals surface area contributed by atoms with E-state index in [1.165, 1.54) is 0 Å². The number of amides is 1. The van der Waals surface area contributed by atoms with Crippen molar-refractivity contribution < 1.29 is 13.9 Å². The van der Waals surface area contributed by atoms with Crippen molar-refractivity contribution >= 4 is 28.6 Å². The predicted molar refractivity (Wildman–Crippen MR) is 114 cm³/mol. The molecule has 0 saturated carbocycles. The van der Waals surface area contributed by atoms with Crippen LogP contribution in [0.2, 0.25) is 0 Å². The highest BCUT2D eigenvalue weighted by molar-refractivity contribution is 7.98. The number of benzene rings is 1. The number of carbonyl (C=O) groups excluding carboxylic acids is 1. The van der Waals surface area contributed by atoms with E-state index in [9.17, 15) is 4.79 Å². The minimum Gasteiger partial charge on any atom is -0.497 e. The van der Waals surface area contributed by atoms with Crippen molar-refractivity contribution in [2.45, 2.75) is 44.8 Å². The molecular weight excluding hydrogens is 388 g/mol. The monoisotopic (exact) mass is 416 g/mol. The van der Waals surface area contributed by atoms with Crippen LogP contribution in [0.3, 0.4) is 0 Å². The number of nitrogens with one attached hydrogen (secondary N) is 1. The second-order valence-electron chi connectivity index (χ2n) is 7.36. The molecule has 0 aliphatic heterocycles. The van der Waals surface area contributed by atoms with Gasteiger partial charge in [-0.3, -0.25) is 4.79 Å². The Kier molecular flexibility index (Phi) is 7.19. The average molecular weight is 417 g/mol. The predicted octanol–water partition coefficient (Wildman–Crippen LogP) is 3.70. The lowest BCUT2D eigenvalue weighted by atomic mass is 10.1. The lowest BCUT2D eigenvalue weighted by molar-refractivity contribution is -0.120. The van der Waals surface area contributed by atoms with Gasteiger partial charge in [-0.2, -0.15) is 0 Å². The Morgan fingerprint density at radius 2 is 2.17 bits per heavy atom. The molecule has 3 rings (SSSR count). The molecule has 156 valence electrons. The summed E-state index contributed by atoms with van der Waals surface area (Å²) in [4.78, 5) is 12.3. The summed E-state index contributed by atoms with van der Waals surface area (Å²) in [6.45, 7) is 5.88. The zero-order chi connectivity index (χ0) is 20.8. The quantitative estimate of drug-likeness (QED) is 0.401. The number of rotatable bonds is 10. The molecule has 0 atom stereocenters. The van der Waals surface area contributed by atoms with E-state index in [-0.39, 0.29) is 5.91 Å². The van der Waals surface area contributed by atoms with E-state index in [1.54, 1.807) is 25.1 Å². The Morgan fingerprint density at radius 3 is 2.90 bits per heavy atom. The van der Waals surface area contributed by atoms with Crippen LogP contribution in [-0.2, 0) is 24.2 Å². The number of carbonyl (C=O) groups is 1. The molecule has 1 aromatic carbocycles. The van der Waals surface area contributed by atoms with Crippen molar-refractivity contribution in [3.05, 3.63) is 35.9 Å². The van der Waals surface area contributed by atoms with Gasteiger partial charge in [0.2, 0.25) is 5.91 Å². The lowest BCUT2D eigenvalue weighted by Crippen LogP contribution is -2.26. The van der Waals surface area contributed by atoms with Gasteiger partial charge in [-0.1, -0.05) is 25.6 Å². The van der Waals surface area contributed by atoms with Crippen LogP contribution in [0.25, 0.3) is 11.0 Å². The van der Waals surface area contributed by atoms with E-state index in [0.717, 1.165) is 52.6 Å². The van der Waals surface area contributed by atoms with Gasteiger partial charge in [0.25, 0.3) is 0 Å². The zero-order valence-corrected chi connectivity index (χ0v) is 18.2. The Bertz CT molecular complexity index is 964. The molecule has 1 amide bonds. The fraction of sp³-hybridized carbons (Fsp3) is 0.476. The third-order valence-electron chi connectivity index (χ3n) is 4.64. The SMILES string of the molecule is COc1ccc2c(CC(=O)NCCCc3nnc(SC)n3CC(C)C)coc2c1. The third-order valence-corrected chi connectivity index (χ3v) is 5.30. The van der Waals surface area contributed by atoms with Crippen molar-refractivity contribution in [2.75, 3.05) is 19.9 Å². The van der Waals surface area contributed by atoms with E-state index < -0.39 is 0 Å². The third kappa shape index (κ3) is 5.32. The molecule has 8 heteroatoms. The first-order chi connectivity index (χ1) is 14.0. The van der Waals surface area contributed by atoms with Gasteiger partial charge in [0.15, 0.2) is 5.16 Å². The number of methoxy groups -OCH3 is 1. The minimum absolute atomic E-state index is 0.0167. The van der Waals surface area contributed by atoms with Crippen LogP contribution >= 0.6 is 11.8 Å². The molecule has 0 unspecified atom stereocenters. The molecule has 0 radical (unpaired) electrons. The van der Waals surface area contributed by atoms with Crippen LogP contribution in [0.15, 0.2) is 34.0 Å². The molecule has 2 aromatic heterocycles. The summed E-state index contributed by atoms with van der Waals surface area (Å²) in [7, 11) is 1.62. The second kappa shape index (κ2) is 9.82. The summed E-state index contributed by atoms with van der Waals surface area (Å²) in [6, 6.07) is 5.62. The fourth-order valence-electron chi connectivity index (χ4n) is 3.24. The molecule has 3 aromatic rings. The molecule has 0 fully saturated rings. The van der Waals surface area contributed by atoms with E-state index in [0.29, 0.717) is 18.9 Å². The molecule has 0 aliphatic rings. The largest absolute Gasteiger partial charge is 0.497 e. The maximum Gasteiger partial charge on any atom is 0.224 e. The van der Waals surface area contributed by atoms with Gasteiger partial charge < -0.3 is 19.0 Å². The highest BCUT2D eigenvalue weighted by Crippen LogP contribution is 2.25. The molecule has 0 bridgehead atoms. The second-order valence-corrected chi connectivity index (χ2v) is 8.13. The number of hydrogen-bond acceptors (Lipinski definition) is 6. The Morgan fingerprint density at radius 1 is 1.34 bits per heavy atom. The van der Waals surface area contributed by atoms with Gasteiger partial charge >= 0.3 is 0 Å². The molecular formula is C21H28N4O3S. The molecule has 0 spiro atoms. The van der Waals surface area contributed by atoms with E-state index in [4.69, 9.17) is 9.15 Å². The molecule has 0 saturated heterocycles. The first kappa shape index (κ1) is 21.2. The fourth-order valence-corrected chi connectivity index (χ4v) is 3.76.